The maximum atomic E-state index is 12.8. The molecule has 0 bridgehead atoms. The standard InChI is InChI=1S/C20H15F3N4/c1-14(13-25-17-4-2-3-16(11-17)20(21,22)23)19-9-10-26-27(19)18-7-5-15(12-24)6-8-18/h2-11,13,25H,1H3/b14-13+. The van der Waals surface area contributed by atoms with Gasteiger partial charge in [-0.25, -0.2) is 4.68 Å². The number of aromatic nitrogens is 2. The lowest BCUT2D eigenvalue weighted by atomic mass is 10.2. The highest BCUT2D eigenvalue weighted by atomic mass is 19.4. The van der Waals surface area contributed by atoms with Crippen LogP contribution in [0.3, 0.4) is 0 Å². The second kappa shape index (κ2) is 7.38. The predicted molar refractivity (Wildman–Crippen MR) is 97.0 cm³/mol. The number of nitrogens with one attached hydrogen (secondary N) is 1. The molecule has 0 aliphatic heterocycles. The zero-order valence-corrected chi connectivity index (χ0v) is 14.3. The zero-order valence-electron chi connectivity index (χ0n) is 14.3. The van der Waals surface area contributed by atoms with E-state index in [2.05, 4.69) is 16.5 Å². The van der Waals surface area contributed by atoms with Crippen molar-refractivity contribution < 1.29 is 13.2 Å². The summed E-state index contributed by atoms with van der Waals surface area (Å²) in [6.07, 6.45) is -1.12. The number of anilines is 1. The fourth-order valence-corrected chi connectivity index (χ4v) is 2.54. The van der Waals surface area contributed by atoms with Gasteiger partial charge in [0.2, 0.25) is 0 Å². The molecule has 1 aromatic heterocycles. The quantitative estimate of drug-likeness (QED) is 0.686. The topological polar surface area (TPSA) is 53.6 Å². The van der Waals surface area contributed by atoms with Crippen LogP contribution in [0.15, 0.2) is 67.0 Å². The Morgan fingerprint density at radius 2 is 1.89 bits per heavy atom. The summed E-state index contributed by atoms with van der Waals surface area (Å²) in [5, 5.41) is 16.1. The minimum atomic E-state index is -4.38. The van der Waals surface area contributed by atoms with Gasteiger partial charge in [0, 0.05) is 11.9 Å². The molecule has 3 aromatic rings. The molecule has 0 fully saturated rings. The zero-order chi connectivity index (χ0) is 19.4. The van der Waals surface area contributed by atoms with E-state index in [0.29, 0.717) is 11.3 Å². The average Bonchev–Trinajstić information content (AvgIpc) is 3.15. The van der Waals surface area contributed by atoms with E-state index in [-0.39, 0.29) is 0 Å². The van der Waals surface area contributed by atoms with Crippen LogP contribution >= 0.6 is 0 Å². The maximum absolute atomic E-state index is 12.8. The van der Waals surface area contributed by atoms with Crippen LogP contribution in [0.2, 0.25) is 0 Å². The number of hydrogen-bond acceptors (Lipinski definition) is 3. The number of halogens is 3. The second-order valence-corrected chi connectivity index (χ2v) is 5.84. The van der Waals surface area contributed by atoms with E-state index in [1.165, 1.54) is 6.07 Å². The highest BCUT2D eigenvalue weighted by Crippen LogP contribution is 2.30. The summed E-state index contributed by atoms with van der Waals surface area (Å²) in [4.78, 5) is 0. The number of alkyl halides is 3. The van der Waals surface area contributed by atoms with Gasteiger partial charge in [-0.05, 0) is 61.0 Å². The van der Waals surface area contributed by atoms with Crippen LogP contribution in [0.1, 0.15) is 23.7 Å². The van der Waals surface area contributed by atoms with Gasteiger partial charge in [0.25, 0.3) is 0 Å². The maximum Gasteiger partial charge on any atom is 0.416 e. The molecule has 1 heterocycles. The van der Waals surface area contributed by atoms with Crippen LogP contribution in [-0.4, -0.2) is 9.78 Å². The molecular formula is C20H15F3N4. The molecule has 0 atom stereocenters. The number of hydrogen-bond donors (Lipinski definition) is 1. The van der Waals surface area contributed by atoms with Gasteiger partial charge in [-0.15, -0.1) is 0 Å². The van der Waals surface area contributed by atoms with Crippen molar-refractivity contribution in [1.82, 2.24) is 9.78 Å². The van der Waals surface area contributed by atoms with Gasteiger partial charge in [-0.2, -0.15) is 23.5 Å². The Hall–Kier alpha value is -3.53. The smallest absolute Gasteiger partial charge is 0.361 e. The lowest BCUT2D eigenvalue weighted by Gasteiger charge is -2.10. The van der Waals surface area contributed by atoms with Crippen LogP contribution in [0.25, 0.3) is 11.3 Å². The third-order valence-corrected chi connectivity index (χ3v) is 3.93. The van der Waals surface area contributed by atoms with Crippen molar-refractivity contribution in [2.24, 2.45) is 0 Å². The Kier molecular flexibility index (Phi) is 4.99. The molecule has 7 heteroatoms. The van der Waals surface area contributed by atoms with E-state index in [0.717, 1.165) is 29.1 Å². The van der Waals surface area contributed by atoms with Gasteiger partial charge < -0.3 is 5.32 Å². The fourth-order valence-electron chi connectivity index (χ4n) is 2.54. The number of benzene rings is 2. The van der Waals surface area contributed by atoms with Gasteiger partial charge in [0.1, 0.15) is 0 Å². The van der Waals surface area contributed by atoms with Gasteiger partial charge >= 0.3 is 6.18 Å². The Balaban J connectivity index is 1.84. The minimum absolute atomic E-state index is 0.341. The summed E-state index contributed by atoms with van der Waals surface area (Å²) in [5.41, 5.74) is 2.52. The molecule has 0 aliphatic rings. The van der Waals surface area contributed by atoms with Gasteiger partial charge in [-0.3, -0.25) is 0 Å². The molecule has 2 aromatic carbocycles. The molecule has 4 nitrogen and oxygen atoms in total. The Bertz CT molecular complexity index is 1010. The van der Waals surface area contributed by atoms with Crippen LogP contribution < -0.4 is 5.32 Å². The monoisotopic (exact) mass is 368 g/mol. The van der Waals surface area contributed by atoms with E-state index in [1.54, 1.807) is 53.5 Å². The van der Waals surface area contributed by atoms with E-state index >= 15 is 0 Å². The van der Waals surface area contributed by atoms with Gasteiger partial charge in [0.05, 0.1) is 34.8 Å². The second-order valence-electron chi connectivity index (χ2n) is 5.84. The first kappa shape index (κ1) is 18.3. The predicted octanol–water partition coefficient (Wildman–Crippen LogP) is 5.24. The summed E-state index contributed by atoms with van der Waals surface area (Å²) in [5.74, 6) is 0. The molecule has 0 unspecified atom stereocenters. The molecule has 0 amide bonds. The van der Waals surface area contributed by atoms with Gasteiger partial charge in [0.15, 0.2) is 0 Å². The molecule has 3 rings (SSSR count). The summed E-state index contributed by atoms with van der Waals surface area (Å²) >= 11 is 0. The molecule has 0 spiro atoms. The van der Waals surface area contributed by atoms with Crippen LogP contribution in [0.5, 0.6) is 0 Å². The first-order valence-electron chi connectivity index (χ1n) is 8.04. The average molecular weight is 368 g/mol. The van der Waals surface area contributed by atoms with Crippen molar-refractivity contribution >= 4 is 11.3 Å². The largest absolute Gasteiger partial charge is 0.416 e. The third-order valence-electron chi connectivity index (χ3n) is 3.93. The Morgan fingerprint density at radius 3 is 2.56 bits per heavy atom. The SMILES string of the molecule is C/C(=C\Nc1cccc(C(F)(F)F)c1)c1ccnn1-c1ccc(C#N)cc1. The molecular weight excluding hydrogens is 353 g/mol. The summed E-state index contributed by atoms with van der Waals surface area (Å²) in [6, 6.07) is 15.8. The lowest BCUT2D eigenvalue weighted by Crippen LogP contribution is -2.05. The lowest BCUT2D eigenvalue weighted by molar-refractivity contribution is -0.137. The number of nitrogens with zero attached hydrogens (tertiary/aromatic N) is 3. The molecule has 0 saturated carbocycles. The van der Waals surface area contributed by atoms with Crippen molar-refractivity contribution in [1.29, 1.82) is 5.26 Å². The molecule has 0 saturated heterocycles. The summed E-state index contributed by atoms with van der Waals surface area (Å²) in [7, 11) is 0. The number of nitriles is 1. The Labute approximate surface area is 154 Å². The van der Waals surface area contributed by atoms with E-state index in [4.69, 9.17) is 5.26 Å². The van der Waals surface area contributed by atoms with Crippen LogP contribution in [-0.2, 0) is 6.18 Å². The molecule has 27 heavy (non-hydrogen) atoms. The number of allylic oxidation sites excluding steroid dienone is 1. The van der Waals surface area contributed by atoms with Crippen LogP contribution in [0.4, 0.5) is 18.9 Å². The highest BCUT2D eigenvalue weighted by molar-refractivity contribution is 5.65. The van der Waals surface area contributed by atoms with Crippen molar-refractivity contribution in [2.75, 3.05) is 5.32 Å². The molecule has 0 aliphatic carbocycles. The van der Waals surface area contributed by atoms with Crippen LogP contribution in [0, 0.1) is 11.3 Å². The van der Waals surface area contributed by atoms with Crippen molar-refractivity contribution in [3.8, 4) is 11.8 Å². The highest BCUT2D eigenvalue weighted by Gasteiger charge is 2.30. The first-order valence-corrected chi connectivity index (χ1v) is 8.04. The first-order chi connectivity index (χ1) is 12.9. The van der Waals surface area contributed by atoms with Crippen molar-refractivity contribution in [3.63, 3.8) is 0 Å². The number of rotatable bonds is 4. The molecule has 0 radical (unpaired) electrons. The van der Waals surface area contributed by atoms with E-state index < -0.39 is 11.7 Å². The Morgan fingerprint density at radius 1 is 1.15 bits per heavy atom. The third kappa shape index (κ3) is 4.18. The van der Waals surface area contributed by atoms with Crippen molar-refractivity contribution in [2.45, 2.75) is 13.1 Å². The summed E-state index contributed by atoms with van der Waals surface area (Å²) in [6.45, 7) is 1.83. The molecule has 1 N–H and O–H groups in total. The van der Waals surface area contributed by atoms with Crippen molar-refractivity contribution in [3.05, 3.63) is 83.8 Å². The van der Waals surface area contributed by atoms with Gasteiger partial charge in [-0.1, -0.05) is 6.07 Å². The fraction of sp³-hybridized carbons (Fsp3) is 0.100. The summed E-state index contributed by atoms with van der Waals surface area (Å²) < 4.78 is 40.1. The minimum Gasteiger partial charge on any atom is -0.361 e. The van der Waals surface area contributed by atoms with E-state index in [9.17, 15) is 13.2 Å². The normalized spacial score (nSPS) is 11.9. The molecule has 136 valence electrons. The van der Waals surface area contributed by atoms with E-state index in [1.807, 2.05) is 6.92 Å².